The molecule has 0 radical (unpaired) electrons. The molecule has 5 heteroatoms. The molecule has 0 rings (SSSR count). The van der Waals surface area contributed by atoms with E-state index in [0.717, 1.165) is 0 Å². The van der Waals surface area contributed by atoms with Crippen LogP contribution in [0.3, 0.4) is 0 Å². The quantitative estimate of drug-likeness (QED) is 0.425. The molecule has 0 aliphatic carbocycles. The van der Waals surface area contributed by atoms with Gasteiger partial charge in [0.1, 0.15) is 0 Å². The molecule has 0 saturated heterocycles. The molecular formula is H3F4I. The van der Waals surface area contributed by atoms with Crippen molar-refractivity contribution < 1.29 is 16.3 Å². The average Bonchev–Trinajstić information content (AvgIpc) is 1.41. The molecule has 0 unspecified atom stereocenters. The first-order chi connectivity index (χ1) is 2.73. The van der Waals surface area contributed by atoms with Crippen LogP contribution >= 0.6 is 22.2 Å². The van der Waals surface area contributed by atoms with Gasteiger partial charge in [-0.1, -0.05) is 0 Å². The third-order valence-corrected chi connectivity index (χ3v) is 0. The summed E-state index contributed by atoms with van der Waals surface area (Å²) in [5.41, 5.74) is 0. The fourth-order valence-electron chi connectivity index (χ4n) is 0. The van der Waals surface area contributed by atoms with E-state index in [4.69, 9.17) is 9.74 Å². The van der Waals surface area contributed by atoms with Crippen LogP contribution in [0.25, 0.3) is 0 Å². The Labute approximate surface area is 39.8 Å². The van der Waals surface area contributed by atoms with Crippen LogP contribution in [0, 0.1) is 0 Å². The van der Waals surface area contributed by atoms with Gasteiger partial charge in [0.15, 0.2) is 0 Å². The monoisotopic (exact) mass is 210 g/mol. The van der Waals surface area contributed by atoms with Gasteiger partial charge in [-0.05, 0) is 0 Å². The molecule has 0 aromatic rings. The van der Waals surface area contributed by atoms with Crippen LogP contribution in [-0.2, 0) is 0 Å². The predicted molar refractivity (Wildman–Crippen MR) is 22.0 cm³/mol. The van der Waals surface area contributed by atoms with Crippen LogP contribution in [0.15, 0.2) is 0 Å². The number of rotatable bonds is 0. The van der Waals surface area contributed by atoms with Gasteiger partial charge >= 0.3 is 28.5 Å². The topological polar surface area (TPSA) is 0 Å². The minimum absolute atomic E-state index is 0. The molecule has 0 atom stereocenters. The van der Waals surface area contributed by atoms with E-state index in [1.54, 1.807) is 0 Å². The van der Waals surface area contributed by atoms with Gasteiger partial charge in [0.2, 0.25) is 0 Å². The Hall–Kier alpha value is 0.450. The third kappa shape index (κ3) is 132. The fraction of sp³-hybridized carbons (Fsp3) is 0. The normalized spacial score (nSPS) is 10.4. The van der Waals surface area contributed by atoms with Crippen molar-refractivity contribution >= 4 is 22.2 Å². The second kappa shape index (κ2) is 25.2. The van der Waals surface area contributed by atoms with Crippen LogP contribution in [-0.4, -0.2) is 0.594 Å². The Bertz CT molecular complexity index is 14.4. The van der Waals surface area contributed by atoms with Crippen molar-refractivity contribution in [3.63, 3.8) is 0 Å². The summed E-state index contributed by atoms with van der Waals surface area (Å²) >= 11 is -4.01. The van der Waals surface area contributed by atoms with E-state index in [1.807, 2.05) is 0 Å². The molecule has 0 aromatic heterocycles. The molecule has 0 fully saturated rings. The summed E-state index contributed by atoms with van der Waals surface area (Å²) in [7, 11) is 0. The summed E-state index contributed by atoms with van der Waals surface area (Å²) in [6.07, 6.45) is 0. The van der Waals surface area contributed by atoms with E-state index in [1.165, 1.54) is 0 Å². The Kier molecular flexibility index (Phi) is 27.5. The van der Waals surface area contributed by atoms with E-state index in [2.05, 4.69) is 0 Å². The zero-order valence-corrected chi connectivity index (χ0v) is 4.05. The standard InChI is InChI=1S/F2HI.F2.H2/c1-3-2;1-2;/h3H;;1H/i3T;;1+2. The number of halogens is 5. The van der Waals surface area contributed by atoms with Gasteiger partial charge in [-0.3, -0.25) is 0 Å². The molecule has 0 amide bonds. The zero-order valence-electron chi connectivity index (χ0n) is 2.89. The van der Waals surface area contributed by atoms with Gasteiger partial charge in [-0.25, -0.2) is 0 Å². The van der Waals surface area contributed by atoms with E-state index in [-0.39, 0.29) is 1.43 Å². The van der Waals surface area contributed by atoms with Crippen molar-refractivity contribution in [3.05, 3.63) is 0 Å². The van der Waals surface area contributed by atoms with Crippen molar-refractivity contribution in [2.75, 3.05) is 0 Å². The molecule has 5 heavy (non-hydrogen) atoms. The van der Waals surface area contributed by atoms with Crippen LogP contribution in [0.5, 0.6) is 0 Å². The Morgan fingerprint density at radius 2 is 1.60 bits per heavy atom. The first-order valence-corrected chi connectivity index (χ1v) is 2.06. The molecule has 0 bridgehead atoms. The van der Waals surface area contributed by atoms with Crippen molar-refractivity contribution in [3.8, 4) is 0 Å². The predicted octanol–water partition coefficient (Wildman–Crippen LogP) is 2.54. The van der Waals surface area contributed by atoms with Gasteiger partial charge < -0.3 is 0 Å². The molecule has 0 aromatic carbocycles. The van der Waals surface area contributed by atoms with Crippen LogP contribution in [0.4, 0.5) is 14.9 Å². The SMILES string of the molecule is FF.[3HH].[3H]I(F)F. The molecule has 0 spiro atoms. The van der Waals surface area contributed by atoms with Crippen LogP contribution < -0.4 is 0 Å². The van der Waals surface area contributed by atoms with Crippen molar-refractivity contribution in [2.45, 2.75) is 0 Å². The second-order valence-electron chi connectivity index (χ2n) is 0.0540. The van der Waals surface area contributed by atoms with Gasteiger partial charge in [-0.2, -0.15) is 0 Å². The van der Waals surface area contributed by atoms with E-state index in [9.17, 15) is 5.72 Å². The average molecular weight is 210 g/mol. The molecular weight excluding hydrogens is 203 g/mol. The summed E-state index contributed by atoms with van der Waals surface area (Å²) in [4.78, 5) is 0. The van der Waals surface area contributed by atoms with E-state index >= 15 is 0 Å². The molecule has 0 heterocycles. The van der Waals surface area contributed by atoms with E-state index < -0.39 is 22.2 Å². The van der Waals surface area contributed by atoms with Gasteiger partial charge in [0.25, 0.3) is 0 Å². The van der Waals surface area contributed by atoms with Crippen LogP contribution in [0.1, 0.15) is 1.43 Å². The summed E-state index contributed by atoms with van der Waals surface area (Å²) in [6, 6.07) is 0. The second-order valence-corrected chi connectivity index (χ2v) is 0.362. The molecule has 0 nitrogen and oxygen atoms in total. The molecule has 0 aliphatic heterocycles. The van der Waals surface area contributed by atoms with Gasteiger partial charge in [0, 0.05) is 10.6 Å². The van der Waals surface area contributed by atoms with Crippen molar-refractivity contribution in [2.24, 2.45) is 0 Å². The van der Waals surface area contributed by atoms with Gasteiger partial charge in [0.05, 0.1) is 0 Å². The first-order valence-electron chi connectivity index (χ1n) is 0.807. The van der Waals surface area contributed by atoms with E-state index in [0.29, 0.717) is 0 Å². The molecule has 38 valence electrons. The zero-order chi connectivity index (χ0) is 5.58. The summed E-state index contributed by atoms with van der Waals surface area (Å²) in [5.74, 6) is 0. The van der Waals surface area contributed by atoms with Gasteiger partial charge in [-0.15, -0.1) is 0 Å². The Balaban J connectivity index is -0.0000000480. The number of hydrogen-bond acceptors (Lipinski definition) is 0. The summed E-state index contributed by atoms with van der Waals surface area (Å²) < 4.78 is 41.7. The molecule has 0 N–H and O–H groups in total. The first kappa shape index (κ1) is 5.45. The summed E-state index contributed by atoms with van der Waals surface area (Å²) in [6.45, 7) is 0. The summed E-state index contributed by atoms with van der Waals surface area (Å²) in [5, 5.41) is 0. The minimum atomic E-state index is -4.01. The van der Waals surface area contributed by atoms with Crippen molar-refractivity contribution in [1.29, 1.82) is 0.594 Å². The Morgan fingerprint density at radius 3 is 1.60 bits per heavy atom. The van der Waals surface area contributed by atoms with Crippen molar-refractivity contribution in [1.82, 2.24) is 0 Å². The third-order valence-electron chi connectivity index (χ3n) is 0. The maximum absolute atomic E-state index is 10.2. The Morgan fingerprint density at radius 1 is 1.60 bits per heavy atom. The van der Waals surface area contributed by atoms with Crippen LogP contribution in [0.2, 0.25) is 0 Å². The molecule has 0 aliphatic rings. The fourth-order valence-corrected chi connectivity index (χ4v) is 0. The molecule has 0 saturated carbocycles. The number of hydrogen-bond donors (Lipinski definition) is 0. The maximum atomic E-state index is 10.2.